The normalized spacial score (nSPS) is 19.0. The van der Waals surface area contributed by atoms with Crippen LogP contribution in [0.3, 0.4) is 0 Å². The smallest absolute Gasteiger partial charge is 0.234 e. The van der Waals surface area contributed by atoms with Crippen molar-refractivity contribution in [1.29, 1.82) is 0 Å². The number of rotatable bonds is 7. The van der Waals surface area contributed by atoms with Crippen molar-refractivity contribution in [2.24, 2.45) is 0 Å². The fourth-order valence-corrected chi connectivity index (χ4v) is 3.38. The van der Waals surface area contributed by atoms with Gasteiger partial charge in [0, 0.05) is 44.2 Å². The van der Waals surface area contributed by atoms with Crippen LogP contribution in [0.2, 0.25) is 0 Å². The van der Waals surface area contributed by atoms with E-state index in [4.69, 9.17) is 0 Å². The van der Waals surface area contributed by atoms with Crippen LogP contribution in [0.5, 0.6) is 0 Å². The van der Waals surface area contributed by atoms with Gasteiger partial charge in [-0.2, -0.15) is 0 Å². The van der Waals surface area contributed by atoms with Gasteiger partial charge in [0.25, 0.3) is 0 Å². The summed E-state index contributed by atoms with van der Waals surface area (Å²) in [6.07, 6.45) is 0.422. The minimum absolute atomic E-state index is 0.123. The highest BCUT2D eigenvalue weighted by Crippen LogP contribution is 2.16. The van der Waals surface area contributed by atoms with E-state index in [1.54, 1.807) is 31.3 Å². The highest BCUT2D eigenvalue weighted by molar-refractivity contribution is 8.00. The first kappa shape index (κ1) is 20.7. The first-order valence-electron chi connectivity index (χ1n) is 8.41. The van der Waals surface area contributed by atoms with Gasteiger partial charge >= 0.3 is 0 Å². The van der Waals surface area contributed by atoms with Crippen LogP contribution in [-0.4, -0.2) is 48.0 Å². The molecule has 1 fully saturated rings. The molecule has 146 valence electrons. The zero-order valence-corrected chi connectivity index (χ0v) is 15.9. The lowest BCUT2D eigenvalue weighted by Crippen LogP contribution is -2.55. The Balaban J connectivity index is 1.79. The van der Waals surface area contributed by atoms with Crippen LogP contribution in [0.4, 0.5) is 11.4 Å². The van der Waals surface area contributed by atoms with Crippen LogP contribution in [0.15, 0.2) is 24.3 Å². The van der Waals surface area contributed by atoms with E-state index in [0.29, 0.717) is 11.4 Å². The molecule has 4 amide bonds. The fraction of sp³-hybridized carbons (Fsp3) is 0.412. The Labute approximate surface area is 161 Å². The van der Waals surface area contributed by atoms with Crippen molar-refractivity contribution >= 4 is 46.8 Å². The predicted octanol–water partition coefficient (Wildman–Crippen LogP) is 0.215. The monoisotopic (exact) mass is 393 g/mol. The van der Waals surface area contributed by atoms with E-state index in [1.165, 1.54) is 18.7 Å². The van der Waals surface area contributed by atoms with Crippen LogP contribution < -0.4 is 26.6 Å². The molecular formula is C17H23N5O4S. The molecule has 0 radical (unpaired) electrons. The van der Waals surface area contributed by atoms with Crippen molar-refractivity contribution in [3.8, 4) is 0 Å². The van der Waals surface area contributed by atoms with Crippen LogP contribution >= 0.6 is 11.8 Å². The summed E-state index contributed by atoms with van der Waals surface area (Å²) in [7, 11) is 1.55. The second-order valence-corrected chi connectivity index (χ2v) is 7.10. The van der Waals surface area contributed by atoms with Gasteiger partial charge in [0.2, 0.25) is 23.6 Å². The number of carbonyl (C=O) groups excluding carboxylic acids is 4. The summed E-state index contributed by atoms with van der Waals surface area (Å²) >= 11 is 1.23. The minimum Gasteiger partial charge on any atom is -0.359 e. The second kappa shape index (κ2) is 9.93. The van der Waals surface area contributed by atoms with Gasteiger partial charge in [-0.15, -0.1) is 11.8 Å². The maximum atomic E-state index is 12.1. The summed E-state index contributed by atoms with van der Waals surface area (Å²) in [5.74, 6) is -0.574. The molecule has 0 aliphatic carbocycles. The molecule has 2 unspecified atom stereocenters. The zero-order valence-electron chi connectivity index (χ0n) is 15.1. The molecule has 27 heavy (non-hydrogen) atoms. The number of hydrogen-bond donors (Lipinski definition) is 5. The molecule has 1 aliphatic heterocycles. The number of amides is 4. The van der Waals surface area contributed by atoms with Gasteiger partial charge in [-0.25, -0.2) is 0 Å². The average Bonchev–Trinajstić information content (AvgIpc) is 2.60. The molecular weight excluding hydrogens is 370 g/mol. The molecule has 1 saturated heterocycles. The van der Waals surface area contributed by atoms with Gasteiger partial charge in [0.1, 0.15) is 5.50 Å². The van der Waals surface area contributed by atoms with E-state index in [2.05, 4.69) is 26.6 Å². The molecule has 9 nitrogen and oxygen atoms in total. The van der Waals surface area contributed by atoms with Gasteiger partial charge < -0.3 is 21.3 Å². The molecule has 0 bridgehead atoms. The summed E-state index contributed by atoms with van der Waals surface area (Å²) in [5.41, 5.74) is 0.813. The predicted molar refractivity (Wildman–Crippen MR) is 104 cm³/mol. The SMILES string of the molecule is CNC(=O)CC1CC(=O)NC(SCC(=O)Nc2ccc(NC(C)=O)cc2)N1. The van der Waals surface area contributed by atoms with Gasteiger partial charge in [-0.1, -0.05) is 0 Å². The maximum absolute atomic E-state index is 12.1. The highest BCUT2D eigenvalue weighted by atomic mass is 32.2. The summed E-state index contributed by atoms with van der Waals surface area (Å²) < 4.78 is 0. The molecule has 0 saturated carbocycles. The van der Waals surface area contributed by atoms with E-state index in [1.807, 2.05) is 0 Å². The zero-order chi connectivity index (χ0) is 19.8. The maximum Gasteiger partial charge on any atom is 0.234 e. The number of benzene rings is 1. The first-order valence-corrected chi connectivity index (χ1v) is 9.45. The summed E-state index contributed by atoms with van der Waals surface area (Å²) in [5, 5.41) is 13.8. The first-order chi connectivity index (χ1) is 12.9. The Morgan fingerprint density at radius 3 is 2.33 bits per heavy atom. The second-order valence-electron chi connectivity index (χ2n) is 6.01. The third-order valence-electron chi connectivity index (χ3n) is 3.69. The van der Waals surface area contributed by atoms with Gasteiger partial charge in [0.05, 0.1) is 5.75 Å². The number of nitrogens with one attached hydrogen (secondary N) is 5. The Bertz CT molecular complexity index is 710. The van der Waals surface area contributed by atoms with Crippen molar-refractivity contribution in [2.45, 2.75) is 31.3 Å². The van der Waals surface area contributed by atoms with Crippen molar-refractivity contribution in [3.05, 3.63) is 24.3 Å². The molecule has 5 N–H and O–H groups in total. The van der Waals surface area contributed by atoms with Gasteiger partial charge in [-0.05, 0) is 24.3 Å². The topological polar surface area (TPSA) is 128 Å². The Morgan fingerprint density at radius 1 is 1.11 bits per heavy atom. The summed E-state index contributed by atoms with van der Waals surface area (Å²) in [6.45, 7) is 1.42. The largest absolute Gasteiger partial charge is 0.359 e. The molecule has 1 aliphatic rings. The standard InChI is InChI=1S/C17H23N5O4S/c1-10(23)19-11-3-5-12(6-4-11)20-16(26)9-27-17-21-13(7-14(24)18-2)8-15(25)22-17/h3-6,13,17,21H,7-9H2,1-2H3,(H,18,24)(H,19,23)(H,20,26)(H,22,25). The number of thioether (sulfide) groups is 1. The lowest BCUT2D eigenvalue weighted by atomic mass is 10.1. The molecule has 10 heteroatoms. The lowest BCUT2D eigenvalue weighted by Gasteiger charge is -2.30. The molecule has 0 aromatic heterocycles. The quantitative estimate of drug-likeness (QED) is 0.451. The Morgan fingerprint density at radius 2 is 1.74 bits per heavy atom. The molecule has 0 spiro atoms. The molecule has 2 atom stereocenters. The fourth-order valence-electron chi connectivity index (χ4n) is 2.49. The van der Waals surface area contributed by atoms with Gasteiger partial charge in [0.15, 0.2) is 0 Å². The summed E-state index contributed by atoms with van der Waals surface area (Å²) in [4.78, 5) is 46.3. The van der Waals surface area contributed by atoms with Crippen molar-refractivity contribution in [2.75, 3.05) is 23.4 Å². The molecule has 2 rings (SSSR count). The van der Waals surface area contributed by atoms with Crippen molar-refractivity contribution in [1.82, 2.24) is 16.0 Å². The van der Waals surface area contributed by atoms with E-state index in [-0.39, 0.29) is 48.3 Å². The van der Waals surface area contributed by atoms with Crippen molar-refractivity contribution < 1.29 is 19.2 Å². The minimum atomic E-state index is -0.436. The molecule has 1 aromatic rings. The third-order valence-corrected chi connectivity index (χ3v) is 4.71. The molecule has 1 heterocycles. The summed E-state index contributed by atoms with van der Waals surface area (Å²) in [6, 6.07) is 6.50. The van der Waals surface area contributed by atoms with E-state index < -0.39 is 5.50 Å². The average molecular weight is 393 g/mol. The van der Waals surface area contributed by atoms with Gasteiger partial charge in [-0.3, -0.25) is 24.5 Å². The van der Waals surface area contributed by atoms with E-state index in [9.17, 15) is 19.2 Å². The van der Waals surface area contributed by atoms with Crippen LogP contribution in [0, 0.1) is 0 Å². The lowest BCUT2D eigenvalue weighted by molar-refractivity contribution is -0.125. The Kier molecular flexibility index (Phi) is 7.62. The number of hydrogen-bond acceptors (Lipinski definition) is 6. The van der Waals surface area contributed by atoms with Crippen molar-refractivity contribution in [3.63, 3.8) is 0 Å². The Hall–Kier alpha value is -2.59. The third kappa shape index (κ3) is 7.27. The molecule has 1 aromatic carbocycles. The van der Waals surface area contributed by atoms with E-state index in [0.717, 1.165) is 0 Å². The van der Waals surface area contributed by atoms with Crippen LogP contribution in [-0.2, 0) is 19.2 Å². The number of anilines is 2. The van der Waals surface area contributed by atoms with E-state index >= 15 is 0 Å². The number of carbonyl (C=O) groups is 4. The van der Waals surface area contributed by atoms with Crippen LogP contribution in [0.25, 0.3) is 0 Å². The van der Waals surface area contributed by atoms with Crippen LogP contribution in [0.1, 0.15) is 19.8 Å². The highest BCUT2D eigenvalue weighted by Gasteiger charge is 2.27.